The molecule has 0 spiro atoms. The van der Waals surface area contributed by atoms with Crippen molar-refractivity contribution in [2.75, 3.05) is 37.6 Å². The van der Waals surface area contributed by atoms with Crippen LogP contribution in [0.15, 0.2) is 48.5 Å². The summed E-state index contributed by atoms with van der Waals surface area (Å²) < 4.78 is 5.82. The van der Waals surface area contributed by atoms with Crippen LogP contribution < -0.4 is 15.4 Å². The van der Waals surface area contributed by atoms with Gasteiger partial charge in [0.1, 0.15) is 11.9 Å². The lowest BCUT2D eigenvalue weighted by molar-refractivity contribution is 0.227. The largest absolute Gasteiger partial charge is 0.489 e. The Morgan fingerprint density at radius 3 is 2.56 bits per heavy atom. The van der Waals surface area contributed by atoms with Crippen molar-refractivity contribution in [3.05, 3.63) is 59.1 Å². The Balaban J connectivity index is 1.54. The van der Waals surface area contributed by atoms with Gasteiger partial charge < -0.3 is 15.4 Å². The van der Waals surface area contributed by atoms with E-state index in [1.807, 2.05) is 31.2 Å². The van der Waals surface area contributed by atoms with E-state index in [9.17, 15) is 0 Å². The summed E-state index contributed by atoms with van der Waals surface area (Å²) in [5.74, 6) is 0.896. The number of hydrogen-bond donors (Lipinski definition) is 1. The zero-order valence-corrected chi connectivity index (χ0v) is 15.5. The van der Waals surface area contributed by atoms with E-state index >= 15 is 0 Å². The minimum atomic E-state index is 0.0384. The van der Waals surface area contributed by atoms with Gasteiger partial charge in [0.2, 0.25) is 0 Å². The van der Waals surface area contributed by atoms with Crippen LogP contribution in [0.2, 0.25) is 5.02 Å². The predicted molar refractivity (Wildman–Crippen MR) is 105 cm³/mol. The van der Waals surface area contributed by atoms with Gasteiger partial charge in [-0.05, 0) is 42.8 Å². The minimum Gasteiger partial charge on any atom is -0.489 e. The molecule has 134 valence electrons. The first kappa shape index (κ1) is 18.1. The summed E-state index contributed by atoms with van der Waals surface area (Å²) in [6, 6.07) is 16.4. The number of hydrogen-bond acceptors (Lipinski definition) is 4. The number of benzene rings is 2. The van der Waals surface area contributed by atoms with Crippen LogP contribution in [0, 0.1) is 0 Å². The number of nitrogens with zero attached hydrogens (tertiary/aromatic N) is 2. The number of piperazine rings is 1. The molecule has 25 heavy (non-hydrogen) atoms. The SMILES string of the molecule is CC(CN)Oc1cccc(CN2CCN(c3cccc(Cl)c3)CC2)c1. The minimum absolute atomic E-state index is 0.0384. The molecule has 5 heteroatoms. The summed E-state index contributed by atoms with van der Waals surface area (Å²) >= 11 is 6.10. The predicted octanol–water partition coefficient (Wildman–Crippen LogP) is 3.39. The molecular weight excluding hydrogens is 334 g/mol. The fourth-order valence-electron chi connectivity index (χ4n) is 3.09. The van der Waals surface area contributed by atoms with Gasteiger partial charge in [0.15, 0.2) is 0 Å². The van der Waals surface area contributed by atoms with Crippen molar-refractivity contribution in [3.8, 4) is 5.75 Å². The zero-order chi connectivity index (χ0) is 17.6. The first-order valence-corrected chi connectivity index (χ1v) is 9.20. The van der Waals surface area contributed by atoms with Crippen LogP contribution in [0.4, 0.5) is 5.69 Å². The molecule has 3 rings (SSSR count). The van der Waals surface area contributed by atoms with E-state index < -0.39 is 0 Å². The molecule has 1 saturated heterocycles. The van der Waals surface area contributed by atoms with Gasteiger partial charge in [-0.1, -0.05) is 29.8 Å². The Kier molecular flexibility index (Phi) is 6.19. The van der Waals surface area contributed by atoms with Crippen LogP contribution in [-0.2, 0) is 6.54 Å². The summed E-state index contributed by atoms with van der Waals surface area (Å²) in [7, 11) is 0. The second-order valence-corrected chi connectivity index (χ2v) is 6.99. The number of rotatable bonds is 6. The number of ether oxygens (including phenoxy) is 1. The fourth-order valence-corrected chi connectivity index (χ4v) is 3.28. The summed E-state index contributed by atoms with van der Waals surface area (Å²) in [6.45, 7) is 7.56. The van der Waals surface area contributed by atoms with Crippen molar-refractivity contribution in [2.45, 2.75) is 19.6 Å². The van der Waals surface area contributed by atoms with Crippen LogP contribution >= 0.6 is 11.6 Å². The lowest BCUT2D eigenvalue weighted by Gasteiger charge is -2.36. The molecule has 1 heterocycles. The Morgan fingerprint density at radius 2 is 1.84 bits per heavy atom. The van der Waals surface area contributed by atoms with Crippen LogP contribution in [-0.4, -0.2) is 43.7 Å². The molecule has 2 aromatic rings. The first-order valence-electron chi connectivity index (χ1n) is 8.82. The molecule has 0 saturated carbocycles. The Morgan fingerprint density at radius 1 is 1.08 bits per heavy atom. The van der Waals surface area contributed by atoms with Gasteiger partial charge in [0.25, 0.3) is 0 Å². The van der Waals surface area contributed by atoms with Gasteiger partial charge in [-0.3, -0.25) is 4.90 Å². The molecule has 0 aromatic heterocycles. The quantitative estimate of drug-likeness (QED) is 0.858. The van der Waals surface area contributed by atoms with Gasteiger partial charge in [0.05, 0.1) is 0 Å². The van der Waals surface area contributed by atoms with Crippen LogP contribution in [0.1, 0.15) is 12.5 Å². The Bertz CT molecular complexity index is 686. The van der Waals surface area contributed by atoms with Gasteiger partial charge in [-0.15, -0.1) is 0 Å². The number of halogens is 1. The van der Waals surface area contributed by atoms with Crippen LogP contribution in [0.5, 0.6) is 5.75 Å². The number of anilines is 1. The van der Waals surface area contributed by atoms with E-state index in [1.54, 1.807) is 0 Å². The van der Waals surface area contributed by atoms with Gasteiger partial charge >= 0.3 is 0 Å². The second kappa shape index (κ2) is 8.56. The summed E-state index contributed by atoms with van der Waals surface area (Å²) in [4.78, 5) is 4.87. The molecule has 0 radical (unpaired) electrons. The molecule has 4 nitrogen and oxygen atoms in total. The van der Waals surface area contributed by atoms with E-state index in [-0.39, 0.29) is 6.10 Å². The lowest BCUT2D eigenvalue weighted by Crippen LogP contribution is -2.45. The van der Waals surface area contributed by atoms with Gasteiger partial charge in [-0.25, -0.2) is 0 Å². The smallest absolute Gasteiger partial charge is 0.120 e. The third-order valence-corrected chi connectivity index (χ3v) is 4.75. The standard InChI is InChI=1S/C20H26ClN3O/c1-16(14-22)25-20-7-2-4-17(12-20)15-23-8-10-24(11-9-23)19-6-3-5-18(21)13-19/h2-7,12-13,16H,8-11,14-15,22H2,1H3. The third-order valence-electron chi connectivity index (χ3n) is 4.52. The van der Waals surface area contributed by atoms with Crippen molar-refractivity contribution < 1.29 is 4.74 Å². The first-order chi connectivity index (χ1) is 12.1. The second-order valence-electron chi connectivity index (χ2n) is 6.55. The Hall–Kier alpha value is -1.75. The van der Waals surface area contributed by atoms with Crippen molar-refractivity contribution in [2.24, 2.45) is 5.73 Å². The summed E-state index contributed by atoms with van der Waals surface area (Å²) in [5.41, 5.74) is 8.11. The van der Waals surface area contributed by atoms with Crippen LogP contribution in [0.25, 0.3) is 0 Å². The normalized spacial score (nSPS) is 16.7. The molecule has 2 N–H and O–H groups in total. The highest BCUT2D eigenvalue weighted by atomic mass is 35.5. The molecule has 1 unspecified atom stereocenters. The molecule has 1 fully saturated rings. The van der Waals surface area contributed by atoms with Gasteiger partial charge in [-0.2, -0.15) is 0 Å². The zero-order valence-electron chi connectivity index (χ0n) is 14.7. The summed E-state index contributed by atoms with van der Waals surface area (Å²) in [6.07, 6.45) is 0.0384. The van der Waals surface area contributed by atoms with Gasteiger partial charge in [0, 0.05) is 50.0 Å². The van der Waals surface area contributed by atoms with Crippen molar-refractivity contribution in [1.29, 1.82) is 0 Å². The molecule has 1 aliphatic heterocycles. The topological polar surface area (TPSA) is 41.7 Å². The molecule has 1 atom stereocenters. The van der Waals surface area contributed by atoms with E-state index in [4.69, 9.17) is 22.1 Å². The summed E-state index contributed by atoms with van der Waals surface area (Å²) in [5, 5.41) is 0.795. The molecule has 0 amide bonds. The maximum atomic E-state index is 6.10. The van der Waals surface area contributed by atoms with E-state index in [0.717, 1.165) is 43.5 Å². The third kappa shape index (κ3) is 5.11. The highest BCUT2D eigenvalue weighted by Crippen LogP contribution is 2.22. The molecule has 0 aliphatic carbocycles. The van der Waals surface area contributed by atoms with Crippen molar-refractivity contribution in [1.82, 2.24) is 4.90 Å². The highest BCUT2D eigenvalue weighted by molar-refractivity contribution is 6.30. The van der Waals surface area contributed by atoms with Crippen LogP contribution in [0.3, 0.4) is 0 Å². The van der Waals surface area contributed by atoms with E-state index in [0.29, 0.717) is 6.54 Å². The average molecular weight is 360 g/mol. The molecule has 0 bridgehead atoms. The Labute approximate surface area is 155 Å². The monoisotopic (exact) mass is 359 g/mol. The lowest BCUT2D eigenvalue weighted by atomic mass is 10.1. The van der Waals surface area contributed by atoms with Crippen molar-refractivity contribution in [3.63, 3.8) is 0 Å². The van der Waals surface area contributed by atoms with E-state index in [1.165, 1.54) is 11.3 Å². The van der Waals surface area contributed by atoms with E-state index in [2.05, 4.69) is 34.1 Å². The fraction of sp³-hybridized carbons (Fsp3) is 0.400. The van der Waals surface area contributed by atoms with Crippen molar-refractivity contribution >= 4 is 17.3 Å². The maximum Gasteiger partial charge on any atom is 0.120 e. The molecule has 2 aromatic carbocycles. The highest BCUT2D eigenvalue weighted by Gasteiger charge is 2.17. The average Bonchev–Trinajstić information content (AvgIpc) is 2.62. The maximum absolute atomic E-state index is 6.10. The number of nitrogens with two attached hydrogens (primary N) is 1. The molecule has 1 aliphatic rings. The molecular formula is C20H26ClN3O.